The molecule has 2 unspecified atom stereocenters. The second-order valence-corrected chi connectivity index (χ2v) is 16.2. The zero-order valence-electron chi connectivity index (χ0n) is 33.8. The first-order chi connectivity index (χ1) is 29.4. The number of aliphatic hydroxyl groups is 2. The van der Waals surface area contributed by atoms with Crippen molar-refractivity contribution >= 4 is 0 Å². The Morgan fingerprint density at radius 2 is 0.600 bits per heavy atom. The van der Waals surface area contributed by atoms with Gasteiger partial charge < -0.3 is 19.7 Å². The van der Waals surface area contributed by atoms with Gasteiger partial charge in [-0.1, -0.05) is 170 Å². The fourth-order valence-corrected chi connectivity index (χ4v) is 9.91. The lowest BCUT2D eigenvalue weighted by Gasteiger charge is -2.34. The molecule has 4 heteroatoms. The van der Waals surface area contributed by atoms with E-state index in [0.717, 1.165) is 33.8 Å². The van der Waals surface area contributed by atoms with Gasteiger partial charge in [0.25, 0.3) is 0 Å². The van der Waals surface area contributed by atoms with Crippen molar-refractivity contribution < 1.29 is 19.7 Å². The summed E-state index contributed by atoms with van der Waals surface area (Å²) in [5.74, 6) is 1.47. The van der Waals surface area contributed by atoms with Crippen molar-refractivity contribution in [3.05, 3.63) is 239 Å². The van der Waals surface area contributed by atoms with Crippen LogP contribution in [0.5, 0.6) is 11.5 Å². The van der Waals surface area contributed by atoms with Crippen LogP contribution < -0.4 is 9.47 Å². The Morgan fingerprint density at radius 3 is 0.867 bits per heavy atom. The lowest BCUT2D eigenvalue weighted by Crippen LogP contribution is -2.28. The van der Waals surface area contributed by atoms with Crippen molar-refractivity contribution in [2.45, 2.75) is 36.9 Å². The Bertz CT molecular complexity index is 2510. The van der Waals surface area contributed by atoms with E-state index in [2.05, 4.69) is 170 Å². The highest BCUT2D eigenvalue weighted by Gasteiger charge is 2.47. The van der Waals surface area contributed by atoms with Crippen molar-refractivity contribution in [2.24, 2.45) is 0 Å². The molecule has 0 saturated heterocycles. The molecule has 0 heterocycles. The smallest absolute Gasteiger partial charge is 0.119 e. The van der Waals surface area contributed by atoms with Gasteiger partial charge in [-0.25, -0.2) is 0 Å². The molecule has 0 fully saturated rings. The van der Waals surface area contributed by atoms with Crippen LogP contribution in [0.4, 0.5) is 0 Å². The Labute approximate surface area is 352 Å². The maximum atomic E-state index is 9.85. The quantitative estimate of drug-likeness (QED) is 0.137. The van der Waals surface area contributed by atoms with Gasteiger partial charge in [0.2, 0.25) is 0 Å². The minimum absolute atomic E-state index is 0.244. The summed E-state index contributed by atoms with van der Waals surface area (Å²) in [6, 6.07) is 70.1. The average Bonchev–Trinajstić information content (AvgIpc) is 3.77. The zero-order chi connectivity index (χ0) is 40.8. The maximum absolute atomic E-state index is 9.85. The molecule has 0 bridgehead atoms. The molecular weight excluding hydrogens is 737 g/mol. The predicted molar refractivity (Wildman–Crippen MR) is 241 cm³/mol. The lowest BCUT2D eigenvalue weighted by atomic mass is 9.67. The molecule has 2 aliphatic carbocycles. The van der Waals surface area contributed by atoms with E-state index in [4.69, 9.17) is 9.47 Å². The summed E-state index contributed by atoms with van der Waals surface area (Å²) >= 11 is 0. The van der Waals surface area contributed by atoms with Crippen LogP contribution >= 0.6 is 0 Å². The van der Waals surface area contributed by atoms with Gasteiger partial charge in [-0.3, -0.25) is 0 Å². The van der Waals surface area contributed by atoms with Gasteiger partial charge in [0.1, 0.15) is 24.7 Å². The molecule has 0 amide bonds. The van der Waals surface area contributed by atoms with E-state index in [-0.39, 0.29) is 13.2 Å². The number of fused-ring (bicyclic) bond motifs is 6. The van der Waals surface area contributed by atoms with E-state index in [1.54, 1.807) is 13.8 Å². The zero-order valence-corrected chi connectivity index (χ0v) is 33.8. The minimum Gasteiger partial charge on any atom is -0.491 e. The molecule has 2 N–H and O–H groups in total. The number of benzene rings is 8. The molecule has 294 valence electrons. The summed E-state index contributed by atoms with van der Waals surface area (Å²) in [6.07, 6.45) is -1.09. The lowest BCUT2D eigenvalue weighted by molar-refractivity contribution is 0.122. The molecule has 8 aromatic rings. The van der Waals surface area contributed by atoms with Crippen LogP contribution in [0.15, 0.2) is 194 Å². The largest absolute Gasteiger partial charge is 0.491 e. The number of hydrogen-bond acceptors (Lipinski definition) is 4. The highest BCUT2D eigenvalue weighted by molar-refractivity contribution is 5.88. The highest BCUT2D eigenvalue weighted by Crippen LogP contribution is 2.58. The molecule has 0 saturated carbocycles. The van der Waals surface area contributed by atoms with E-state index >= 15 is 0 Å². The van der Waals surface area contributed by atoms with Gasteiger partial charge in [-0.05, 0) is 116 Å². The minimum atomic E-state index is -0.545. The Kier molecular flexibility index (Phi) is 9.48. The van der Waals surface area contributed by atoms with Crippen molar-refractivity contribution in [3.63, 3.8) is 0 Å². The molecule has 2 atom stereocenters. The number of rotatable bonds is 11. The number of hydrogen-bond donors (Lipinski definition) is 2. The van der Waals surface area contributed by atoms with Crippen molar-refractivity contribution in [2.75, 3.05) is 13.2 Å². The summed E-state index contributed by atoms with van der Waals surface area (Å²) in [5.41, 5.74) is 15.9. The molecular formula is C56H46O4. The van der Waals surface area contributed by atoms with Gasteiger partial charge in [0.05, 0.1) is 23.0 Å². The monoisotopic (exact) mass is 782 g/mol. The van der Waals surface area contributed by atoms with Crippen molar-refractivity contribution in [3.8, 4) is 44.9 Å². The van der Waals surface area contributed by atoms with Crippen LogP contribution in [-0.2, 0) is 10.8 Å². The molecule has 0 radical (unpaired) electrons. The van der Waals surface area contributed by atoms with Gasteiger partial charge >= 0.3 is 0 Å². The standard InChI is InChI=1S/C56H46O4/c1-37(57)35-59-45-31-27-43(28-32-45)55(51-15-7-3-11-47(51)48-12-4-8-16-52(48)55)41-23-19-39(20-24-41)40-21-25-42(26-22-40)56(44-29-33-46(34-30-44)60-36-38(2)58)53-17-9-5-13-49(53)50-14-6-10-18-54(50)56/h3-34,37-38,57-58H,35-36H2,1-2H3. The molecule has 0 aromatic heterocycles. The Balaban J connectivity index is 1.06. The van der Waals surface area contributed by atoms with Crippen LogP contribution in [0, 0.1) is 0 Å². The molecule has 2 aliphatic rings. The van der Waals surface area contributed by atoms with Gasteiger partial charge in [0, 0.05) is 0 Å². The van der Waals surface area contributed by atoms with Crippen LogP contribution in [0.25, 0.3) is 33.4 Å². The molecule has 0 spiro atoms. The fourth-order valence-electron chi connectivity index (χ4n) is 9.91. The second-order valence-electron chi connectivity index (χ2n) is 16.2. The van der Waals surface area contributed by atoms with Crippen LogP contribution in [-0.4, -0.2) is 35.6 Å². The second kappa shape index (κ2) is 15.1. The van der Waals surface area contributed by atoms with E-state index in [1.165, 1.54) is 55.6 Å². The molecule has 10 rings (SSSR count). The van der Waals surface area contributed by atoms with E-state index in [9.17, 15) is 10.2 Å². The SMILES string of the molecule is CC(O)COc1ccc(C2(c3ccc(-c4ccc(C5(c6ccc(OCC(C)O)cc6)c6ccccc6-c6ccccc65)cc4)cc3)c3ccccc3-c3ccccc32)cc1. The Hall–Kier alpha value is -6.72. The average molecular weight is 783 g/mol. The van der Waals surface area contributed by atoms with E-state index < -0.39 is 23.0 Å². The van der Waals surface area contributed by atoms with E-state index in [1.807, 2.05) is 24.3 Å². The van der Waals surface area contributed by atoms with E-state index in [0.29, 0.717) is 0 Å². The third-order valence-electron chi connectivity index (χ3n) is 12.4. The van der Waals surface area contributed by atoms with Crippen LogP contribution in [0.3, 0.4) is 0 Å². The van der Waals surface area contributed by atoms with Crippen molar-refractivity contribution in [1.82, 2.24) is 0 Å². The summed E-state index contributed by atoms with van der Waals surface area (Å²) in [6.45, 7) is 3.95. The van der Waals surface area contributed by atoms with Gasteiger partial charge in [-0.15, -0.1) is 0 Å². The normalized spacial score (nSPS) is 14.9. The van der Waals surface area contributed by atoms with Crippen molar-refractivity contribution in [1.29, 1.82) is 0 Å². The topological polar surface area (TPSA) is 58.9 Å². The summed E-state index contributed by atoms with van der Waals surface area (Å²) in [5, 5.41) is 19.7. The number of aliphatic hydroxyl groups excluding tert-OH is 2. The first-order valence-electron chi connectivity index (χ1n) is 20.8. The summed E-state index contributed by atoms with van der Waals surface area (Å²) in [7, 11) is 0. The third-order valence-corrected chi connectivity index (χ3v) is 12.4. The highest BCUT2D eigenvalue weighted by atomic mass is 16.5. The first-order valence-corrected chi connectivity index (χ1v) is 20.8. The summed E-state index contributed by atoms with van der Waals surface area (Å²) < 4.78 is 11.8. The number of ether oxygens (including phenoxy) is 2. The molecule has 0 aliphatic heterocycles. The van der Waals surface area contributed by atoms with Gasteiger partial charge in [0.15, 0.2) is 0 Å². The van der Waals surface area contributed by atoms with Gasteiger partial charge in [-0.2, -0.15) is 0 Å². The Morgan fingerprint density at radius 1 is 0.350 bits per heavy atom. The van der Waals surface area contributed by atoms with Crippen LogP contribution in [0.1, 0.15) is 58.4 Å². The fraction of sp³-hybridized carbons (Fsp3) is 0.143. The summed E-state index contributed by atoms with van der Waals surface area (Å²) in [4.78, 5) is 0. The third kappa shape index (κ3) is 5.98. The molecule has 4 nitrogen and oxygen atoms in total. The van der Waals surface area contributed by atoms with Crippen LogP contribution in [0.2, 0.25) is 0 Å². The predicted octanol–water partition coefficient (Wildman–Crippen LogP) is 11.6. The molecule has 60 heavy (non-hydrogen) atoms. The first kappa shape index (κ1) is 37.5. The maximum Gasteiger partial charge on any atom is 0.119 e. The molecule has 8 aromatic carbocycles.